The first kappa shape index (κ1) is 16.3. The van der Waals surface area contributed by atoms with E-state index in [0.29, 0.717) is 16.1 Å². The van der Waals surface area contributed by atoms with E-state index in [0.717, 1.165) is 0 Å². The summed E-state index contributed by atoms with van der Waals surface area (Å²) in [6.45, 7) is 0. The molecule has 2 aromatic carbocycles. The Morgan fingerprint density at radius 2 is 1.91 bits per heavy atom. The predicted molar refractivity (Wildman–Crippen MR) is 84.7 cm³/mol. The average molecular weight is 341 g/mol. The summed E-state index contributed by atoms with van der Waals surface area (Å²) in [4.78, 5) is 11.4. The molecule has 4 nitrogen and oxygen atoms in total. The number of hydrogen-bond donors (Lipinski definition) is 2. The molecule has 1 atom stereocenters. The highest BCUT2D eigenvalue weighted by molar-refractivity contribution is 6.33. The third kappa shape index (κ3) is 3.75. The average Bonchev–Trinajstić information content (AvgIpc) is 2.51. The normalized spacial score (nSPS) is 12.8. The number of nitrogens with one attached hydrogen (secondary N) is 1. The minimum absolute atomic E-state index is 0.184. The van der Waals surface area contributed by atoms with Crippen molar-refractivity contribution in [1.29, 1.82) is 0 Å². The van der Waals surface area contributed by atoms with Gasteiger partial charge in [-0.25, -0.2) is 4.39 Å². The Labute approximate surface area is 136 Å². The number of nitrogens with zero attached hydrogens (tertiary/aromatic N) is 1. The van der Waals surface area contributed by atoms with Crippen molar-refractivity contribution in [2.24, 2.45) is 5.16 Å². The second-order valence-corrected chi connectivity index (χ2v) is 5.11. The van der Waals surface area contributed by atoms with Gasteiger partial charge in [0.1, 0.15) is 5.71 Å². The summed E-state index contributed by atoms with van der Waals surface area (Å²) in [7, 11) is 0. The zero-order chi connectivity index (χ0) is 16.1. The van der Waals surface area contributed by atoms with Crippen LogP contribution in [0.25, 0.3) is 0 Å². The molecule has 0 spiro atoms. The highest BCUT2D eigenvalue weighted by Crippen LogP contribution is 2.24. The van der Waals surface area contributed by atoms with E-state index < -0.39 is 11.5 Å². The number of carbonyl (C=O) groups excluding carboxylic acids is 1. The smallest absolute Gasteiger partial charge is 0.274 e. The largest absolute Gasteiger partial charge is 0.410 e. The molecule has 0 aromatic heterocycles. The Bertz CT molecular complexity index is 706. The molecule has 7 heteroatoms. The Balaban J connectivity index is 2.49. The van der Waals surface area contributed by atoms with Gasteiger partial charge in [0.2, 0.25) is 0 Å². The maximum absolute atomic E-state index is 12.8. The van der Waals surface area contributed by atoms with Crippen LogP contribution in [0.15, 0.2) is 53.7 Å². The van der Waals surface area contributed by atoms with Gasteiger partial charge in [0.05, 0.1) is 5.69 Å². The van der Waals surface area contributed by atoms with Crippen LogP contribution in [-0.2, 0) is 4.79 Å². The van der Waals surface area contributed by atoms with Gasteiger partial charge < -0.3 is 10.5 Å². The lowest BCUT2D eigenvalue weighted by atomic mass is 10.0. The van der Waals surface area contributed by atoms with E-state index in [-0.39, 0.29) is 11.4 Å². The van der Waals surface area contributed by atoms with Crippen LogP contribution < -0.4 is 5.32 Å². The van der Waals surface area contributed by atoms with Gasteiger partial charge in [-0.2, -0.15) is 0 Å². The molecule has 22 heavy (non-hydrogen) atoms. The Morgan fingerprint density at radius 3 is 2.50 bits per heavy atom. The molecular weight excluding hydrogens is 330 g/mol. The predicted octanol–water partition coefficient (Wildman–Crippen LogP) is 4.04. The summed E-state index contributed by atoms with van der Waals surface area (Å²) < 4.78 is 12.8. The van der Waals surface area contributed by atoms with Crippen molar-refractivity contribution in [3.05, 3.63) is 64.7 Å². The second kappa shape index (κ2) is 7.24. The van der Waals surface area contributed by atoms with Crippen molar-refractivity contribution < 1.29 is 14.4 Å². The zero-order valence-electron chi connectivity index (χ0n) is 11.1. The van der Waals surface area contributed by atoms with Crippen LogP contribution in [0.2, 0.25) is 5.02 Å². The number of halogens is 3. The first-order chi connectivity index (χ1) is 10.5. The third-order valence-corrected chi connectivity index (χ3v) is 3.27. The number of benzene rings is 2. The van der Waals surface area contributed by atoms with E-state index >= 15 is 0 Å². The Hall–Kier alpha value is -2.11. The molecule has 1 unspecified atom stereocenters. The van der Waals surface area contributed by atoms with Gasteiger partial charge in [-0.3, -0.25) is 4.79 Å². The highest BCUT2D eigenvalue weighted by Gasteiger charge is 2.18. The fraction of sp³-hybridized carbons (Fsp3) is 0.0667. The number of oxime groups is 1. The quantitative estimate of drug-likeness (QED) is 0.382. The third-order valence-electron chi connectivity index (χ3n) is 2.84. The number of hydrogen-bond acceptors (Lipinski definition) is 3. The number of anilines is 1. The topological polar surface area (TPSA) is 61.7 Å². The lowest BCUT2D eigenvalue weighted by molar-refractivity contribution is -0.118. The fourth-order valence-electron chi connectivity index (χ4n) is 1.87. The maximum atomic E-state index is 12.8. The van der Waals surface area contributed by atoms with Crippen LogP contribution in [0, 0.1) is 0 Å². The summed E-state index contributed by atoms with van der Waals surface area (Å²) in [5, 5.41) is 15.3. The van der Waals surface area contributed by atoms with E-state index in [1.54, 1.807) is 30.3 Å². The molecule has 0 saturated heterocycles. The second-order valence-electron chi connectivity index (χ2n) is 4.29. The summed E-state index contributed by atoms with van der Waals surface area (Å²) in [6.07, 6.45) is 0. The maximum Gasteiger partial charge on any atom is 0.274 e. The van der Waals surface area contributed by atoms with Gasteiger partial charge in [0, 0.05) is 16.1 Å². The minimum Gasteiger partial charge on any atom is -0.410 e. The fourth-order valence-corrected chi connectivity index (χ4v) is 2.10. The Morgan fingerprint density at radius 1 is 1.23 bits per heavy atom. The molecule has 0 heterocycles. The molecule has 0 fully saturated rings. The van der Waals surface area contributed by atoms with Crippen LogP contribution in [0.4, 0.5) is 10.1 Å². The first-order valence-corrected chi connectivity index (χ1v) is 7.00. The van der Waals surface area contributed by atoms with Crippen LogP contribution in [0.1, 0.15) is 11.1 Å². The molecule has 0 saturated carbocycles. The van der Waals surface area contributed by atoms with Gasteiger partial charge in [0.25, 0.3) is 11.5 Å². The van der Waals surface area contributed by atoms with Gasteiger partial charge in [-0.1, -0.05) is 58.7 Å². The van der Waals surface area contributed by atoms with Gasteiger partial charge in [-0.05, 0) is 18.2 Å². The van der Waals surface area contributed by atoms with E-state index in [1.807, 2.05) is 0 Å². The van der Waals surface area contributed by atoms with Crippen molar-refractivity contribution in [3.63, 3.8) is 0 Å². The monoisotopic (exact) mass is 340 g/mol. The van der Waals surface area contributed by atoms with Crippen molar-refractivity contribution in [2.45, 2.75) is 5.63 Å². The van der Waals surface area contributed by atoms with Crippen molar-refractivity contribution >= 4 is 40.5 Å². The van der Waals surface area contributed by atoms with Gasteiger partial charge in [0.15, 0.2) is 0 Å². The number of rotatable bonds is 4. The van der Waals surface area contributed by atoms with Gasteiger partial charge in [-0.15, -0.1) is 0 Å². The lowest BCUT2D eigenvalue weighted by Gasteiger charge is -2.13. The Kier molecular flexibility index (Phi) is 5.35. The number of alkyl halides is 2. The SMILES string of the molecule is O=C(Nc1ccc(Cl)cc1C(=NO)c1ccccc1)C(F)Cl. The highest BCUT2D eigenvalue weighted by atomic mass is 35.5. The molecule has 0 bridgehead atoms. The van der Waals surface area contributed by atoms with E-state index in [4.69, 9.17) is 23.2 Å². The van der Waals surface area contributed by atoms with Crippen LogP contribution in [0.5, 0.6) is 0 Å². The van der Waals surface area contributed by atoms with Gasteiger partial charge >= 0.3 is 0 Å². The molecule has 0 aliphatic heterocycles. The van der Waals surface area contributed by atoms with Crippen LogP contribution in [0.3, 0.4) is 0 Å². The molecule has 0 radical (unpaired) electrons. The van der Waals surface area contributed by atoms with E-state index in [2.05, 4.69) is 10.5 Å². The molecule has 0 aliphatic carbocycles. The van der Waals surface area contributed by atoms with Crippen molar-refractivity contribution in [3.8, 4) is 0 Å². The number of amides is 1. The zero-order valence-corrected chi connectivity index (χ0v) is 12.6. The molecule has 2 aromatic rings. The molecule has 1 amide bonds. The summed E-state index contributed by atoms with van der Waals surface area (Å²) in [5.41, 5.74) is -0.829. The first-order valence-electron chi connectivity index (χ1n) is 6.19. The minimum atomic E-state index is -2.19. The molecule has 2 N–H and O–H groups in total. The lowest BCUT2D eigenvalue weighted by Crippen LogP contribution is -2.21. The summed E-state index contributed by atoms with van der Waals surface area (Å²) in [5.74, 6) is -1.02. The van der Waals surface area contributed by atoms with Crippen molar-refractivity contribution in [2.75, 3.05) is 5.32 Å². The molecule has 114 valence electrons. The van der Waals surface area contributed by atoms with E-state index in [9.17, 15) is 14.4 Å². The van der Waals surface area contributed by atoms with E-state index in [1.165, 1.54) is 18.2 Å². The molecule has 0 aliphatic rings. The van der Waals surface area contributed by atoms with Crippen molar-refractivity contribution in [1.82, 2.24) is 0 Å². The summed E-state index contributed by atoms with van der Waals surface area (Å²) >= 11 is 11.1. The molecular formula is C15H11Cl2FN2O2. The molecule has 2 rings (SSSR count). The van der Waals surface area contributed by atoms with Crippen LogP contribution >= 0.6 is 23.2 Å². The van der Waals surface area contributed by atoms with Crippen LogP contribution in [-0.4, -0.2) is 22.5 Å². The summed E-state index contributed by atoms with van der Waals surface area (Å²) in [6, 6.07) is 13.3. The number of carbonyl (C=O) groups is 1. The standard InChI is InChI=1S/C15H11Cl2FN2O2/c16-10-6-7-12(19-15(21)14(17)18)11(8-10)13(20-22)9-4-2-1-3-5-9/h1-8,14,22H,(H,19,21).